The number of likely N-dealkylation sites (N-methyl/N-ethyl adjacent to an activating group) is 1. The maximum Gasteiger partial charge on any atom is 0.262 e. The molecule has 5 rings (SSSR count). The van der Waals surface area contributed by atoms with Gasteiger partial charge in [-0.05, 0) is 49.7 Å². The van der Waals surface area contributed by atoms with E-state index in [9.17, 15) is 4.79 Å². The van der Waals surface area contributed by atoms with E-state index in [0.717, 1.165) is 62.3 Å². The largest absolute Gasteiger partial charge is 0.497 e. The molecule has 1 aliphatic rings. The molecule has 32 heavy (non-hydrogen) atoms. The number of nitrogens with one attached hydrogen (secondary N) is 1. The van der Waals surface area contributed by atoms with Crippen molar-refractivity contribution in [3.8, 4) is 16.9 Å². The first-order valence-electron chi connectivity index (χ1n) is 11.2. The first kappa shape index (κ1) is 20.9. The van der Waals surface area contributed by atoms with Crippen LogP contribution in [0.2, 0.25) is 0 Å². The highest BCUT2D eigenvalue weighted by Gasteiger charge is 2.26. The minimum atomic E-state index is -0.0101. The molecule has 1 fully saturated rings. The van der Waals surface area contributed by atoms with E-state index < -0.39 is 0 Å². The van der Waals surface area contributed by atoms with E-state index >= 15 is 0 Å². The van der Waals surface area contributed by atoms with Crippen molar-refractivity contribution in [3.63, 3.8) is 0 Å². The zero-order valence-electron chi connectivity index (χ0n) is 18.4. The predicted molar refractivity (Wildman–Crippen MR) is 132 cm³/mol. The second kappa shape index (κ2) is 8.88. The quantitative estimate of drug-likeness (QED) is 0.435. The topological polar surface area (TPSA) is 54.5 Å². The fourth-order valence-corrected chi connectivity index (χ4v) is 5.96. The lowest BCUT2D eigenvalue weighted by Crippen LogP contribution is -2.39. The highest BCUT2D eigenvalue weighted by Crippen LogP contribution is 2.42. The lowest BCUT2D eigenvalue weighted by atomic mass is 10.0. The van der Waals surface area contributed by atoms with E-state index in [1.165, 1.54) is 6.42 Å². The first-order valence-corrected chi connectivity index (χ1v) is 12.0. The van der Waals surface area contributed by atoms with Gasteiger partial charge in [0, 0.05) is 39.8 Å². The highest BCUT2D eigenvalue weighted by molar-refractivity contribution is 7.22. The molecule has 1 atom stereocenters. The maximum absolute atomic E-state index is 13.5. The molecule has 0 saturated carbocycles. The SMILES string of the molecule is CCN1CCC[C@H]1CNC(=O)c1sc2c(cnc3ccc(OC)cc32)c1-c1ccccc1. The number of likely N-dealkylation sites (tertiary alicyclic amines) is 1. The molecule has 1 N–H and O–H groups in total. The molecular formula is C26H27N3O2S. The van der Waals surface area contributed by atoms with Crippen molar-refractivity contribution in [2.24, 2.45) is 0 Å². The number of carbonyl (C=O) groups is 1. The van der Waals surface area contributed by atoms with Crippen LogP contribution in [0.1, 0.15) is 29.4 Å². The molecule has 0 radical (unpaired) electrons. The van der Waals surface area contributed by atoms with Gasteiger partial charge in [-0.15, -0.1) is 11.3 Å². The number of pyridine rings is 1. The van der Waals surface area contributed by atoms with Crippen LogP contribution in [0, 0.1) is 0 Å². The van der Waals surface area contributed by atoms with Gasteiger partial charge in [0.05, 0.1) is 12.6 Å². The predicted octanol–water partition coefficient (Wildman–Crippen LogP) is 5.34. The van der Waals surface area contributed by atoms with Crippen LogP contribution in [0.25, 0.3) is 32.1 Å². The summed E-state index contributed by atoms with van der Waals surface area (Å²) >= 11 is 1.54. The zero-order valence-corrected chi connectivity index (χ0v) is 19.2. The monoisotopic (exact) mass is 445 g/mol. The lowest BCUT2D eigenvalue weighted by molar-refractivity contribution is 0.0946. The van der Waals surface area contributed by atoms with Crippen molar-refractivity contribution in [1.82, 2.24) is 15.2 Å². The summed E-state index contributed by atoms with van der Waals surface area (Å²) in [6.07, 6.45) is 4.24. The standard InChI is InChI=1S/C26H27N3O2S/c1-3-29-13-7-10-18(29)15-28-26(30)25-23(17-8-5-4-6-9-17)21-16-27-22-12-11-19(31-2)14-20(22)24(21)32-25/h4-6,8-9,11-12,14,16,18H,3,7,10,13,15H2,1-2H3,(H,28,30)/t18-/m0/s1. The van der Waals surface area contributed by atoms with Crippen molar-refractivity contribution in [2.75, 3.05) is 26.7 Å². The average Bonchev–Trinajstić information content (AvgIpc) is 3.47. The Balaban J connectivity index is 1.60. The van der Waals surface area contributed by atoms with Gasteiger partial charge in [-0.25, -0.2) is 0 Å². The van der Waals surface area contributed by atoms with Gasteiger partial charge >= 0.3 is 0 Å². The molecule has 1 saturated heterocycles. The number of hydrogen-bond donors (Lipinski definition) is 1. The number of fused-ring (bicyclic) bond motifs is 3. The Morgan fingerprint density at radius 2 is 2.06 bits per heavy atom. The first-order chi connectivity index (χ1) is 15.7. The number of aromatic nitrogens is 1. The zero-order chi connectivity index (χ0) is 22.1. The Hall–Kier alpha value is -2.96. The Labute approximate surface area is 192 Å². The second-order valence-electron chi connectivity index (χ2n) is 8.19. The van der Waals surface area contributed by atoms with E-state index in [1.807, 2.05) is 42.6 Å². The van der Waals surface area contributed by atoms with E-state index in [1.54, 1.807) is 18.4 Å². The molecule has 6 heteroatoms. The molecule has 0 bridgehead atoms. The van der Waals surface area contributed by atoms with Crippen LogP contribution in [0.3, 0.4) is 0 Å². The second-order valence-corrected chi connectivity index (χ2v) is 9.21. The molecule has 0 unspecified atom stereocenters. The third-order valence-electron chi connectivity index (χ3n) is 6.40. The summed E-state index contributed by atoms with van der Waals surface area (Å²) in [7, 11) is 1.67. The summed E-state index contributed by atoms with van der Waals surface area (Å²) in [5.41, 5.74) is 2.89. The van der Waals surface area contributed by atoms with Crippen molar-refractivity contribution >= 4 is 38.2 Å². The summed E-state index contributed by atoms with van der Waals surface area (Å²) in [5.74, 6) is 0.775. The molecule has 3 heterocycles. The van der Waals surface area contributed by atoms with Gasteiger partial charge in [0.2, 0.25) is 0 Å². The minimum absolute atomic E-state index is 0.0101. The summed E-state index contributed by atoms with van der Waals surface area (Å²) in [6.45, 7) is 5.01. The normalized spacial score (nSPS) is 16.6. The number of amides is 1. The van der Waals surface area contributed by atoms with Gasteiger partial charge in [0.25, 0.3) is 5.91 Å². The van der Waals surface area contributed by atoms with Gasteiger partial charge in [0.1, 0.15) is 10.6 Å². The van der Waals surface area contributed by atoms with E-state index in [0.29, 0.717) is 12.6 Å². The van der Waals surface area contributed by atoms with Crippen molar-refractivity contribution in [2.45, 2.75) is 25.8 Å². The van der Waals surface area contributed by atoms with Crippen molar-refractivity contribution in [1.29, 1.82) is 0 Å². The molecule has 2 aromatic carbocycles. The lowest BCUT2D eigenvalue weighted by Gasteiger charge is -2.22. The van der Waals surface area contributed by atoms with E-state index in [4.69, 9.17) is 4.74 Å². The van der Waals surface area contributed by atoms with Gasteiger partial charge in [-0.2, -0.15) is 0 Å². The molecule has 1 aliphatic heterocycles. The van der Waals surface area contributed by atoms with Crippen LogP contribution in [-0.2, 0) is 0 Å². The molecule has 4 aromatic rings. The Kier molecular flexibility index (Phi) is 5.81. The number of thiophene rings is 1. The van der Waals surface area contributed by atoms with Crippen LogP contribution in [0.15, 0.2) is 54.7 Å². The molecule has 5 nitrogen and oxygen atoms in total. The van der Waals surface area contributed by atoms with Gasteiger partial charge in [0.15, 0.2) is 0 Å². The minimum Gasteiger partial charge on any atom is -0.497 e. The van der Waals surface area contributed by atoms with Crippen LogP contribution < -0.4 is 10.1 Å². The number of nitrogens with zero attached hydrogens (tertiary/aromatic N) is 2. The number of carbonyl (C=O) groups excluding carboxylic acids is 1. The summed E-state index contributed by atoms with van der Waals surface area (Å²) in [4.78, 5) is 21.3. The van der Waals surface area contributed by atoms with Crippen LogP contribution >= 0.6 is 11.3 Å². The molecule has 0 spiro atoms. The molecule has 2 aromatic heterocycles. The van der Waals surface area contributed by atoms with E-state index in [2.05, 4.69) is 34.3 Å². The average molecular weight is 446 g/mol. The molecule has 1 amide bonds. The van der Waals surface area contributed by atoms with Crippen LogP contribution in [0.4, 0.5) is 0 Å². The summed E-state index contributed by atoms with van der Waals surface area (Å²) in [6, 6.07) is 16.4. The maximum atomic E-state index is 13.5. The Bertz CT molecular complexity index is 1270. The molecule has 0 aliphatic carbocycles. The molecular weight excluding hydrogens is 418 g/mol. The number of benzene rings is 2. The smallest absolute Gasteiger partial charge is 0.262 e. The van der Waals surface area contributed by atoms with Gasteiger partial charge < -0.3 is 10.1 Å². The van der Waals surface area contributed by atoms with Crippen molar-refractivity contribution < 1.29 is 9.53 Å². The summed E-state index contributed by atoms with van der Waals surface area (Å²) < 4.78 is 6.51. The molecule has 164 valence electrons. The fourth-order valence-electron chi connectivity index (χ4n) is 4.72. The Morgan fingerprint density at radius 3 is 2.84 bits per heavy atom. The fraction of sp³-hybridized carbons (Fsp3) is 0.308. The van der Waals surface area contributed by atoms with Crippen LogP contribution in [-0.4, -0.2) is 48.6 Å². The number of rotatable bonds is 6. The number of methoxy groups -OCH3 is 1. The van der Waals surface area contributed by atoms with Crippen LogP contribution in [0.5, 0.6) is 5.75 Å². The number of hydrogen-bond acceptors (Lipinski definition) is 5. The third-order valence-corrected chi connectivity index (χ3v) is 7.64. The highest BCUT2D eigenvalue weighted by atomic mass is 32.1. The van der Waals surface area contributed by atoms with E-state index in [-0.39, 0.29) is 5.91 Å². The Morgan fingerprint density at radius 1 is 1.22 bits per heavy atom. The van der Waals surface area contributed by atoms with Gasteiger partial charge in [-0.3, -0.25) is 14.7 Å². The summed E-state index contributed by atoms with van der Waals surface area (Å²) in [5, 5.41) is 5.24. The van der Waals surface area contributed by atoms with Crippen molar-refractivity contribution in [3.05, 3.63) is 59.6 Å². The third kappa shape index (κ3) is 3.74. The van der Waals surface area contributed by atoms with Gasteiger partial charge in [-0.1, -0.05) is 37.3 Å². The number of ether oxygens (including phenoxy) is 1.